The molecule has 2 aromatic carbocycles. The molecule has 0 atom stereocenters. The Balaban J connectivity index is 1.66. The monoisotopic (exact) mass is 365 g/mol. The van der Waals surface area contributed by atoms with Gasteiger partial charge in [0.25, 0.3) is 5.91 Å². The summed E-state index contributed by atoms with van der Waals surface area (Å²) < 4.78 is 0. The summed E-state index contributed by atoms with van der Waals surface area (Å²) >= 11 is 0. The summed E-state index contributed by atoms with van der Waals surface area (Å²) in [5.74, 6) is -0.589. The first-order chi connectivity index (χ1) is 13.0. The second-order valence-electron chi connectivity index (χ2n) is 6.24. The fraction of sp³-hybridized carbons (Fsp3) is 0.200. The number of aldehydes is 1. The molecule has 0 saturated carbocycles. The molecule has 0 radical (unpaired) electrons. The SMILES string of the molecule is CC(=O)Nc1ccc(C(=O)N2CCN(c3ccc(C=O)cc3)C(=O)C2)cc1. The highest BCUT2D eigenvalue weighted by molar-refractivity contribution is 6.02. The normalized spacial score (nSPS) is 14.0. The van der Waals surface area contributed by atoms with E-state index in [1.807, 2.05) is 0 Å². The van der Waals surface area contributed by atoms with Crippen LogP contribution in [-0.4, -0.2) is 48.5 Å². The van der Waals surface area contributed by atoms with Crippen LogP contribution in [0.25, 0.3) is 0 Å². The van der Waals surface area contributed by atoms with Crippen LogP contribution in [0, 0.1) is 0 Å². The molecule has 1 aliphatic rings. The summed E-state index contributed by atoms with van der Waals surface area (Å²) in [6.45, 7) is 2.20. The van der Waals surface area contributed by atoms with Crippen LogP contribution in [0.2, 0.25) is 0 Å². The number of amides is 3. The number of hydrogen-bond acceptors (Lipinski definition) is 4. The number of rotatable bonds is 4. The van der Waals surface area contributed by atoms with Gasteiger partial charge in [-0.25, -0.2) is 0 Å². The van der Waals surface area contributed by atoms with Crippen LogP contribution in [0.15, 0.2) is 48.5 Å². The average molecular weight is 365 g/mol. The number of piperazine rings is 1. The first-order valence-corrected chi connectivity index (χ1v) is 8.50. The molecule has 3 rings (SSSR count). The van der Waals surface area contributed by atoms with Crippen molar-refractivity contribution in [3.8, 4) is 0 Å². The first kappa shape index (κ1) is 18.3. The molecule has 7 nitrogen and oxygen atoms in total. The highest BCUT2D eigenvalue weighted by Gasteiger charge is 2.28. The first-order valence-electron chi connectivity index (χ1n) is 8.50. The molecule has 0 bridgehead atoms. The van der Waals surface area contributed by atoms with E-state index in [4.69, 9.17) is 0 Å². The molecule has 138 valence electrons. The number of anilines is 2. The molecule has 7 heteroatoms. The lowest BCUT2D eigenvalue weighted by molar-refractivity contribution is -0.120. The summed E-state index contributed by atoms with van der Waals surface area (Å²) in [4.78, 5) is 50.0. The number of carbonyl (C=O) groups is 4. The number of nitrogens with one attached hydrogen (secondary N) is 1. The predicted octanol–water partition coefficient (Wildman–Crippen LogP) is 1.95. The summed E-state index contributed by atoms with van der Waals surface area (Å²) in [5, 5.41) is 2.64. The molecular weight excluding hydrogens is 346 g/mol. The van der Waals surface area contributed by atoms with Crippen LogP contribution in [0.4, 0.5) is 11.4 Å². The van der Waals surface area contributed by atoms with E-state index in [1.165, 1.54) is 11.8 Å². The van der Waals surface area contributed by atoms with Crippen LogP contribution >= 0.6 is 0 Å². The van der Waals surface area contributed by atoms with Crippen LogP contribution in [-0.2, 0) is 9.59 Å². The predicted molar refractivity (Wildman–Crippen MR) is 101 cm³/mol. The van der Waals surface area contributed by atoms with Gasteiger partial charge in [0.2, 0.25) is 11.8 Å². The van der Waals surface area contributed by atoms with Crippen molar-refractivity contribution < 1.29 is 19.2 Å². The Labute approximate surface area is 156 Å². The lowest BCUT2D eigenvalue weighted by atomic mass is 10.1. The second-order valence-corrected chi connectivity index (χ2v) is 6.24. The van der Waals surface area contributed by atoms with Gasteiger partial charge in [-0.2, -0.15) is 0 Å². The van der Waals surface area contributed by atoms with Crippen molar-refractivity contribution in [2.45, 2.75) is 6.92 Å². The largest absolute Gasteiger partial charge is 0.328 e. The number of hydrogen-bond donors (Lipinski definition) is 1. The van der Waals surface area contributed by atoms with Gasteiger partial charge in [-0.3, -0.25) is 19.2 Å². The molecule has 0 spiro atoms. The van der Waals surface area contributed by atoms with Crippen molar-refractivity contribution in [2.24, 2.45) is 0 Å². The Kier molecular flexibility index (Phi) is 5.30. The van der Waals surface area contributed by atoms with Crippen LogP contribution in [0.1, 0.15) is 27.6 Å². The average Bonchev–Trinajstić information content (AvgIpc) is 2.67. The molecule has 27 heavy (non-hydrogen) atoms. The van der Waals surface area contributed by atoms with E-state index in [9.17, 15) is 19.2 Å². The molecule has 1 heterocycles. The zero-order chi connectivity index (χ0) is 19.4. The lowest BCUT2D eigenvalue weighted by Crippen LogP contribution is -2.52. The van der Waals surface area contributed by atoms with E-state index >= 15 is 0 Å². The standard InChI is InChI=1S/C20H19N3O4/c1-14(25)21-17-6-4-16(5-7-17)20(27)22-10-11-23(19(26)12-22)18-8-2-15(13-24)3-9-18/h2-9,13H,10-12H2,1H3,(H,21,25). The third-order valence-corrected chi connectivity index (χ3v) is 4.30. The smallest absolute Gasteiger partial charge is 0.254 e. The minimum Gasteiger partial charge on any atom is -0.328 e. The molecule has 1 aliphatic heterocycles. The molecule has 1 N–H and O–H groups in total. The maximum Gasteiger partial charge on any atom is 0.254 e. The number of nitrogens with zero attached hydrogens (tertiary/aromatic N) is 2. The highest BCUT2D eigenvalue weighted by atomic mass is 16.2. The topological polar surface area (TPSA) is 86.8 Å². The minimum absolute atomic E-state index is 0.0122. The maximum absolute atomic E-state index is 12.6. The number of carbonyl (C=O) groups excluding carboxylic acids is 4. The third-order valence-electron chi connectivity index (χ3n) is 4.30. The minimum atomic E-state index is -0.228. The van der Waals surface area contributed by atoms with Gasteiger partial charge in [-0.15, -0.1) is 0 Å². The Morgan fingerprint density at radius 2 is 1.67 bits per heavy atom. The fourth-order valence-electron chi connectivity index (χ4n) is 2.93. The van der Waals surface area contributed by atoms with Crippen molar-refractivity contribution in [1.82, 2.24) is 4.90 Å². The zero-order valence-corrected chi connectivity index (χ0v) is 14.8. The summed E-state index contributed by atoms with van der Waals surface area (Å²) in [7, 11) is 0. The van der Waals surface area contributed by atoms with Crippen molar-refractivity contribution in [1.29, 1.82) is 0 Å². The molecule has 0 unspecified atom stereocenters. The number of benzene rings is 2. The lowest BCUT2D eigenvalue weighted by Gasteiger charge is -2.34. The fourth-order valence-corrected chi connectivity index (χ4v) is 2.93. The van der Waals surface area contributed by atoms with Crippen LogP contribution in [0.3, 0.4) is 0 Å². The zero-order valence-electron chi connectivity index (χ0n) is 14.8. The van der Waals surface area contributed by atoms with Crippen molar-refractivity contribution in [2.75, 3.05) is 29.9 Å². The maximum atomic E-state index is 12.6. The Hall–Kier alpha value is -3.48. The van der Waals surface area contributed by atoms with E-state index in [-0.39, 0.29) is 24.3 Å². The molecule has 0 aromatic heterocycles. The van der Waals surface area contributed by atoms with Gasteiger partial charge < -0.3 is 15.1 Å². The Bertz CT molecular complexity index is 875. The van der Waals surface area contributed by atoms with Crippen LogP contribution in [0.5, 0.6) is 0 Å². The highest BCUT2D eigenvalue weighted by Crippen LogP contribution is 2.19. The molecule has 2 aromatic rings. The quantitative estimate of drug-likeness (QED) is 0.839. The van der Waals surface area contributed by atoms with Crippen molar-refractivity contribution in [3.05, 3.63) is 59.7 Å². The Morgan fingerprint density at radius 3 is 2.22 bits per heavy atom. The summed E-state index contributed by atoms with van der Waals surface area (Å²) in [5.41, 5.74) is 2.32. The van der Waals surface area contributed by atoms with Crippen molar-refractivity contribution >= 4 is 35.4 Å². The van der Waals surface area contributed by atoms with E-state index in [0.29, 0.717) is 35.6 Å². The second kappa shape index (κ2) is 7.82. The summed E-state index contributed by atoms with van der Waals surface area (Å²) in [6.07, 6.45) is 0.749. The van der Waals surface area contributed by atoms with Crippen molar-refractivity contribution in [3.63, 3.8) is 0 Å². The molecule has 1 saturated heterocycles. The molecule has 1 fully saturated rings. The molecular formula is C20H19N3O4. The van der Waals surface area contributed by atoms with Gasteiger partial charge in [0.1, 0.15) is 12.8 Å². The van der Waals surface area contributed by atoms with Gasteiger partial charge in [0.15, 0.2) is 0 Å². The van der Waals surface area contributed by atoms with Crippen LogP contribution < -0.4 is 10.2 Å². The van der Waals surface area contributed by atoms with E-state index in [2.05, 4.69) is 5.32 Å². The van der Waals surface area contributed by atoms with E-state index in [1.54, 1.807) is 53.4 Å². The van der Waals surface area contributed by atoms with Gasteiger partial charge in [0, 0.05) is 42.5 Å². The van der Waals surface area contributed by atoms with E-state index in [0.717, 1.165) is 6.29 Å². The Morgan fingerprint density at radius 1 is 1.00 bits per heavy atom. The molecule has 0 aliphatic carbocycles. The summed E-state index contributed by atoms with van der Waals surface area (Å²) in [6, 6.07) is 13.3. The van der Waals surface area contributed by atoms with Gasteiger partial charge in [0.05, 0.1) is 0 Å². The third kappa shape index (κ3) is 4.20. The van der Waals surface area contributed by atoms with Gasteiger partial charge in [-0.1, -0.05) is 0 Å². The van der Waals surface area contributed by atoms with E-state index < -0.39 is 0 Å². The van der Waals surface area contributed by atoms with Gasteiger partial charge >= 0.3 is 0 Å². The van der Waals surface area contributed by atoms with Gasteiger partial charge in [-0.05, 0) is 48.5 Å². The molecule has 3 amide bonds.